The zero-order valence-electron chi connectivity index (χ0n) is 24.6. The second-order valence-corrected chi connectivity index (χ2v) is 14.6. The average molecular weight is 532 g/mol. The molecule has 0 aliphatic heterocycles. The third-order valence-corrected chi connectivity index (χ3v) is 11.7. The van der Waals surface area contributed by atoms with E-state index < -0.39 is 0 Å². The van der Waals surface area contributed by atoms with Gasteiger partial charge in [0, 0.05) is 30.7 Å². The van der Waals surface area contributed by atoms with Crippen LogP contribution >= 0.6 is 0 Å². The Balaban J connectivity index is 1.31. The molecule has 0 bridgehead atoms. The van der Waals surface area contributed by atoms with Gasteiger partial charge in [-0.05, 0) is 78.6 Å². The topological polar surface area (TPSA) is 74.1 Å². The lowest BCUT2D eigenvalue weighted by Crippen LogP contribution is -2.57. The fourth-order valence-corrected chi connectivity index (χ4v) is 9.53. The van der Waals surface area contributed by atoms with Crippen molar-refractivity contribution >= 4 is 11.8 Å². The van der Waals surface area contributed by atoms with Crippen LogP contribution in [-0.4, -0.2) is 32.9 Å². The first kappa shape index (κ1) is 26.7. The summed E-state index contributed by atoms with van der Waals surface area (Å²) in [6, 6.07) is 8.69. The Bertz CT molecular complexity index is 1260. The number of rotatable bonds is 3. The van der Waals surface area contributed by atoms with E-state index in [-0.39, 0.29) is 34.4 Å². The molecule has 0 spiro atoms. The third-order valence-electron chi connectivity index (χ3n) is 11.7. The van der Waals surface area contributed by atoms with Gasteiger partial charge in [0.15, 0.2) is 0 Å². The Labute approximate surface area is 233 Å². The number of ketones is 1. The first-order chi connectivity index (χ1) is 18.4. The molecule has 4 fully saturated rings. The Kier molecular flexibility index (Phi) is 6.35. The minimum atomic E-state index is -0.152. The molecule has 6 heteroatoms. The van der Waals surface area contributed by atoms with Gasteiger partial charge < -0.3 is 4.74 Å². The summed E-state index contributed by atoms with van der Waals surface area (Å²) in [5.74, 6) is 2.32. The first-order valence-corrected chi connectivity index (χ1v) is 15.1. The lowest BCUT2D eigenvalue weighted by molar-refractivity contribution is -0.167. The number of esters is 1. The fourth-order valence-electron chi connectivity index (χ4n) is 9.53. The van der Waals surface area contributed by atoms with E-state index >= 15 is 0 Å². The number of ether oxygens (including phenoxy) is 1. The smallest absolute Gasteiger partial charge is 0.302 e. The van der Waals surface area contributed by atoms with Crippen molar-refractivity contribution in [2.75, 3.05) is 0 Å². The van der Waals surface area contributed by atoms with Crippen LogP contribution in [0.15, 0.2) is 30.5 Å². The molecule has 210 valence electrons. The number of benzene rings is 1. The van der Waals surface area contributed by atoms with E-state index in [1.807, 2.05) is 4.68 Å². The summed E-state index contributed by atoms with van der Waals surface area (Å²) in [4.78, 5) is 24.9. The Morgan fingerprint density at radius 1 is 1.00 bits per heavy atom. The lowest BCUT2D eigenvalue weighted by atomic mass is 9.44. The van der Waals surface area contributed by atoms with E-state index in [0.29, 0.717) is 42.3 Å². The van der Waals surface area contributed by atoms with Crippen LogP contribution in [-0.2, 0) is 19.7 Å². The van der Waals surface area contributed by atoms with Crippen molar-refractivity contribution in [2.24, 2.45) is 34.5 Å². The van der Waals surface area contributed by atoms with E-state index in [2.05, 4.69) is 75.4 Å². The third kappa shape index (κ3) is 4.28. The predicted molar refractivity (Wildman–Crippen MR) is 151 cm³/mol. The van der Waals surface area contributed by atoms with Crippen molar-refractivity contribution in [3.63, 3.8) is 0 Å². The van der Waals surface area contributed by atoms with Crippen molar-refractivity contribution in [3.05, 3.63) is 36.0 Å². The maximum Gasteiger partial charge on any atom is 0.302 e. The van der Waals surface area contributed by atoms with Crippen molar-refractivity contribution in [3.8, 4) is 11.3 Å². The molecular weight excluding hydrogens is 486 g/mol. The van der Waals surface area contributed by atoms with Gasteiger partial charge in [-0.15, -0.1) is 5.10 Å². The molecule has 4 aliphatic carbocycles. The zero-order chi connectivity index (χ0) is 27.7. The van der Waals surface area contributed by atoms with Gasteiger partial charge in [0.2, 0.25) is 0 Å². The van der Waals surface area contributed by atoms with Crippen molar-refractivity contribution in [2.45, 2.75) is 110 Å². The SMILES string of the molecule is CC(=O)O[C@H]1CC[C@H]2[C@@H]3CC[C@H]4CC(=O)C[C@H](n5cc(-c6ccc(C(C)(C)C)cc6)nn5)[C@]4(C)[C@H]3CC[C@]12C. The predicted octanol–water partition coefficient (Wildman–Crippen LogP) is 6.94. The monoisotopic (exact) mass is 531 g/mol. The molecule has 0 N–H and O–H groups in total. The van der Waals surface area contributed by atoms with Crippen molar-refractivity contribution in [1.29, 1.82) is 0 Å². The van der Waals surface area contributed by atoms with Crippen LogP contribution in [0.3, 0.4) is 0 Å². The highest BCUT2D eigenvalue weighted by Crippen LogP contribution is 2.68. The van der Waals surface area contributed by atoms with Gasteiger partial charge in [-0.25, -0.2) is 4.68 Å². The number of nitrogens with zero attached hydrogens (tertiary/aromatic N) is 3. The lowest BCUT2D eigenvalue weighted by Gasteiger charge is -2.62. The highest BCUT2D eigenvalue weighted by Gasteiger charge is 2.63. The normalized spacial score (nSPS) is 38.1. The van der Waals surface area contributed by atoms with Gasteiger partial charge in [0.25, 0.3) is 0 Å². The Morgan fingerprint density at radius 2 is 1.74 bits per heavy atom. The maximum atomic E-state index is 13.1. The minimum Gasteiger partial charge on any atom is -0.462 e. The summed E-state index contributed by atoms with van der Waals surface area (Å²) in [7, 11) is 0. The molecule has 1 aromatic heterocycles. The van der Waals surface area contributed by atoms with E-state index in [0.717, 1.165) is 43.4 Å². The van der Waals surface area contributed by atoms with Crippen LogP contribution in [0.2, 0.25) is 0 Å². The summed E-state index contributed by atoms with van der Waals surface area (Å²) in [6.07, 6.45) is 9.97. The molecule has 2 aromatic rings. The van der Waals surface area contributed by atoms with Gasteiger partial charge in [-0.3, -0.25) is 9.59 Å². The quantitative estimate of drug-likeness (QED) is 0.401. The minimum absolute atomic E-state index is 0.00125. The van der Waals surface area contributed by atoms with Crippen molar-refractivity contribution in [1.82, 2.24) is 15.0 Å². The van der Waals surface area contributed by atoms with E-state index in [4.69, 9.17) is 4.74 Å². The molecule has 4 saturated carbocycles. The molecule has 0 unspecified atom stereocenters. The van der Waals surface area contributed by atoms with E-state index in [1.165, 1.54) is 12.0 Å². The largest absolute Gasteiger partial charge is 0.462 e. The number of aromatic nitrogens is 3. The zero-order valence-corrected chi connectivity index (χ0v) is 24.6. The van der Waals surface area contributed by atoms with Gasteiger partial charge >= 0.3 is 5.97 Å². The highest BCUT2D eigenvalue weighted by atomic mass is 16.5. The van der Waals surface area contributed by atoms with Crippen molar-refractivity contribution < 1.29 is 14.3 Å². The van der Waals surface area contributed by atoms with Crippen LogP contribution in [0, 0.1) is 34.5 Å². The van der Waals surface area contributed by atoms with Crippen LogP contribution in [0.25, 0.3) is 11.3 Å². The molecular formula is C33H45N3O3. The summed E-state index contributed by atoms with van der Waals surface area (Å²) >= 11 is 0. The average Bonchev–Trinajstić information content (AvgIpc) is 3.48. The summed E-state index contributed by atoms with van der Waals surface area (Å²) < 4.78 is 7.91. The van der Waals surface area contributed by atoms with Gasteiger partial charge in [-0.2, -0.15) is 0 Å². The summed E-state index contributed by atoms with van der Waals surface area (Å²) in [6.45, 7) is 13.1. The van der Waals surface area contributed by atoms with Crippen LogP contribution in [0.5, 0.6) is 0 Å². The number of fused-ring (bicyclic) bond motifs is 5. The molecule has 8 atom stereocenters. The highest BCUT2D eigenvalue weighted by molar-refractivity contribution is 5.80. The van der Waals surface area contributed by atoms with E-state index in [1.54, 1.807) is 6.92 Å². The van der Waals surface area contributed by atoms with Gasteiger partial charge in [0.05, 0.1) is 12.2 Å². The van der Waals surface area contributed by atoms with Crippen LogP contribution in [0.1, 0.15) is 105 Å². The molecule has 1 aromatic carbocycles. The second kappa shape index (κ2) is 9.27. The maximum absolute atomic E-state index is 13.1. The molecule has 4 aliphatic rings. The molecule has 0 radical (unpaired) electrons. The second-order valence-electron chi connectivity index (χ2n) is 14.6. The molecule has 39 heavy (non-hydrogen) atoms. The molecule has 6 rings (SSSR count). The summed E-state index contributed by atoms with van der Waals surface area (Å²) in [5.41, 5.74) is 3.40. The van der Waals surface area contributed by atoms with Crippen LogP contribution < -0.4 is 0 Å². The number of carbonyl (C=O) groups is 2. The summed E-state index contributed by atoms with van der Waals surface area (Å²) in [5, 5.41) is 9.28. The van der Waals surface area contributed by atoms with E-state index in [9.17, 15) is 9.59 Å². The van der Waals surface area contributed by atoms with Gasteiger partial charge in [-0.1, -0.05) is 64.1 Å². The fraction of sp³-hybridized carbons (Fsp3) is 0.697. The Hall–Kier alpha value is -2.50. The first-order valence-electron chi connectivity index (χ1n) is 15.1. The molecule has 0 amide bonds. The Morgan fingerprint density at radius 3 is 2.44 bits per heavy atom. The number of hydrogen-bond donors (Lipinski definition) is 0. The number of carbonyl (C=O) groups excluding carboxylic acids is 2. The molecule has 0 saturated heterocycles. The van der Waals surface area contributed by atoms with Crippen LogP contribution in [0.4, 0.5) is 0 Å². The molecule has 6 nitrogen and oxygen atoms in total. The van der Waals surface area contributed by atoms with Gasteiger partial charge in [0.1, 0.15) is 17.6 Å². The number of hydrogen-bond acceptors (Lipinski definition) is 5. The molecule has 1 heterocycles. The standard InChI is InChI=1S/C33H45N3O3/c1-20(37)39-30-14-13-26-25-12-11-23-17-24(38)18-29(33(23,6)27(25)15-16-32(26,30)5)36-19-28(34-35-36)21-7-9-22(10-8-21)31(2,3)4/h7-10,19,23,25-27,29-30H,11-18H2,1-6H3/t23-,25-,26-,27-,29-,30-,32-,33-/m0/s1. The number of Topliss-reactive ketones (excluding diaryl/α,β-unsaturated/α-hetero) is 1.